The first-order chi connectivity index (χ1) is 13.6. The maximum atomic E-state index is 12.7. The third-order valence-corrected chi connectivity index (χ3v) is 5.16. The van der Waals surface area contributed by atoms with Crippen LogP contribution in [0.3, 0.4) is 0 Å². The van der Waals surface area contributed by atoms with Crippen LogP contribution in [0.15, 0.2) is 53.1 Å². The smallest absolute Gasteiger partial charge is 0.222 e. The predicted octanol–water partition coefficient (Wildman–Crippen LogP) is 3.19. The van der Waals surface area contributed by atoms with E-state index in [1.54, 1.807) is 6.26 Å². The molecule has 0 unspecified atom stereocenters. The van der Waals surface area contributed by atoms with E-state index in [1.807, 2.05) is 42.5 Å². The van der Waals surface area contributed by atoms with Crippen molar-refractivity contribution in [2.75, 3.05) is 19.6 Å². The molecule has 1 aliphatic heterocycles. The SMILES string of the molecule is CC(=O)N[C@H](CC(=O)NC[C@H](c1ccco1)N1CCCCC1)c1ccccc1. The fourth-order valence-electron chi connectivity index (χ4n) is 3.77. The van der Waals surface area contributed by atoms with Gasteiger partial charge in [-0.3, -0.25) is 14.5 Å². The average molecular weight is 383 g/mol. The molecule has 1 fully saturated rings. The van der Waals surface area contributed by atoms with Crippen molar-refractivity contribution in [3.8, 4) is 0 Å². The molecule has 2 N–H and O–H groups in total. The van der Waals surface area contributed by atoms with Gasteiger partial charge in [0.05, 0.1) is 24.8 Å². The molecule has 28 heavy (non-hydrogen) atoms. The predicted molar refractivity (Wildman–Crippen MR) is 107 cm³/mol. The van der Waals surface area contributed by atoms with E-state index in [0.717, 1.165) is 24.4 Å². The van der Waals surface area contributed by atoms with E-state index in [4.69, 9.17) is 4.42 Å². The van der Waals surface area contributed by atoms with Crippen LogP contribution in [0.4, 0.5) is 0 Å². The lowest BCUT2D eigenvalue weighted by atomic mass is 10.0. The second-order valence-corrected chi connectivity index (χ2v) is 7.30. The number of benzene rings is 1. The van der Waals surface area contributed by atoms with Crippen molar-refractivity contribution in [2.24, 2.45) is 0 Å². The quantitative estimate of drug-likeness (QED) is 0.734. The fourth-order valence-corrected chi connectivity index (χ4v) is 3.77. The summed E-state index contributed by atoms with van der Waals surface area (Å²) in [7, 11) is 0. The number of nitrogens with one attached hydrogen (secondary N) is 2. The molecule has 6 nitrogen and oxygen atoms in total. The summed E-state index contributed by atoms with van der Waals surface area (Å²) < 4.78 is 5.63. The zero-order chi connectivity index (χ0) is 19.8. The fraction of sp³-hybridized carbons (Fsp3) is 0.455. The van der Waals surface area contributed by atoms with Crippen LogP contribution in [0, 0.1) is 0 Å². The Bertz CT molecular complexity index is 740. The Kier molecular flexibility index (Phi) is 7.25. The van der Waals surface area contributed by atoms with Crippen molar-refractivity contribution < 1.29 is 14.0 Å². The van der Waals surface area contributed by atoms with E-state index in [0.29, 0.717) is 6.54 Å². The lowest BCUT2D eigenvalue weighted by Gasteiger charge is -2.33. The lowest BCUT2D eigenvalue weighted by molar-refractivity contribution is -0.123. The number of hydrogen-bond donors (Lipinski definition) is 2. The third-order valence-electron chi connectivity index (χ3n) is 5.16. The summed E-state index contributed by atoms with van der Waals surface area (Å²) in [6.45, 7) is 3.99. The normalized spacial score (nSPS) is 16.9. The lowest BCUT2D eigenvalue weighted by Crippen LogP contribution is -2.41. The highest BCUT2D eigenvalue weighted by atomic mass is 16.3. The van der Waals surface area contributed by atoms with Gasteiger partial charge in [0.15, 0.2) is 0 Å². The molecule has 1 aromatic heterocycles. The van der Waals surface area contributed by atoms with Gasteiger partial charge in [0.2, 0.25) is 11.8 Å². The van der Waals surface area contributed by atoms with Crippen LogP contribution in [-0.2, 0) is 9.59 Å². The minimum absolute atomic E-state index is 0.0372. The molecule has 2 amide bonds. The molecule has 2 heterocycles. The largest absolute Gasteiger partial charge is 0.468 e. The summed E-state index contributed by atoms with van der Waals surface area (Å²) in [6, 6.07) is 13.1. The number of nitrogens with zero attached hydrogens (tertiary/aromatic N) is 1. The molecule has 1 saturated heterocycles. The third kappa shape index (κ3) is 5.70. The number of likely N-dealkylation sites (tertiary alicyclic amines) is 1. The Labute approximate surface area is 166 Å². The Morgan fingerprint density at radius 1 is 1.07 bits per heavy atom. The van der Waals surface area contributed by atoms with Crippen molar-refractivity contribution in [1.29, 1.82) is 0 Å². The first kappa shape index (κ1) is 20.1. The second kappa shape index (κ2) is 10.1. The van der Waals surface area contributed by atoms with Crippen molar-refractivity contribution in [3.05, 3.63) is 60.1 Å². The Morgan fingerprint density at radius 3 is 2.46 bits per heavy atom. The van der Waals surface area contributed by atoms with Crippen molar-refractivity contribution in [2.45, 2.75) is 44.7 Å². The molecule has 0 aliphatic carbocycles. The van der Waals surface area contributed by atoms with Crippen LogP contribution < -0.4 is 10.6 Å². The topological polar surface area (TPSA) is 74.6 Å². The van der Waals surface area contributed by atoms with Gasteiger partial charge >= 0.3 is 0 Å². The van der Waals surface area contributed by atoms with Crippen LogP contribution >= 0.6 is 0 Å². The summed E-state index contributed by atoms with van der Waals surface area (Å²) >= 11 is 0. The van der Waals surface area contributed by atoms with Crippen LogP contribution in [0.25, 0.3) is 0 Å². The highest BCUT2D eigenvalue weighted by Gasteiger charge is 2.25. The maximum absolute atomic E-state index is 12.7. The van der Waals surface area contributed by atoms with Crippen molar-refractivity contribution >= 4 is 11.8 Å². The number of rotatable bonds is 8. The Hall–Kier alpha value is -2.60. The number of piperidine rings is 1. The number of amides is 2. The monoisotopic (exact) mass is 383 g/mol. The van der Waals surface area contributed by atoms with E-state index in [-0.39, 0.29) is 30.3 Å². The van der Waals surface area contributed by atoms with Gasteiger partial charge in [-0.25, -0.2) is 0 Å². The summed E-state index contributed by atoms with van der Waals surface area (Å²) in [6.07, 6.45) is 5.47. The standard InChI is InChI=1S/C22H29N3O3/c1-17(26)24-19(18-9-4-2-5-10-18)15-22(27)23-16-20(21-11-8-14-28-21)25-12-6-3-7-13-25/h2,4-5,8-11,14,19-20H,3,6-7,12-13,15-16H2,1H3,(H,23,27)(H,24,26)/t19-,20-/m1/s1. The first-order valence-corrected chi connectivity index (χ1v) is 9.99. The molecule has 1 aliphatic rings. The van der Waals surface area contributed by atoms with E-state index >= 15 is 0 Å². The van der Waals surface area contributed by atoms with Crippen LogP contribution in [0.2, 0.25) is 0 Å². The number of carbonyl (C=O) groups excluding carboxylic acids is 2. The molecule has 1 aromatic carbocycles. The number of furan rings is 1. The molecule has 0 bridgehead atoms. The van der Waals surface area contributed by atoms with Crippen LogP contribution in [0.1, 0.15) is 56.0 Å². The van der Waals surface area contributed by atoms with Gasteiger partial charge in [0.25, 0.3) is 0 Å². The molecule has 0 spiro atoms. The Morgan fingerprint density at radius 2 is 1.82 bits per heavy atom. The molecule has 3 rings (SSSR count). The van der Waals surface area contributed by atoms with Crippen molar-refractivity contribution in [3.63, 3.8) is 0 Å². The second-order valence-electron chi connectivity index (χ2n) is 7.30. The molecule has 150 valence electrons. The summed E-state index contributed by atoms with van der Waals surface area (Å²) in [5, 5.41) is 5.93. The van der Waals surface area contributed by atoms with E-state index < -0.39 is 0 Å². The molecule has 2 atom stereocenters. The molecule has 0 saturated carbocycles. The minimum atomic E-state index is -0.337. The average Bonchev–Trinajstić information content (AvgIpc) is 3.23. The summed E-state index contributed by atoms with van der Waals surface area (Å²) in [5.41, 5.74) is 0.923. The van der Waals surface area contributed by atoms with E-state index in [9.17, 15) is 9.59 Å². The van der Waals surface area contributed by atoms with Gasteiger partial charge in [0, 0.05) is 13.5 Å². The first-order valence-electron chi connectivity index (χ1n) is 9.99. The number of carbonyl (C=O) groups is 2. The highest BCUT2D eigenvalue weighted by Crippen LogP contribution is 2.25. The minimum Gasteiger partial charge on any atom is -0.468 e. The van der Waals surface area contributed by atoms with Gasteiger partial charge in [-0.15, -0.1) is 0 Å². The molecule has 0 radical (unpaired) electrons. The molecular formula is C22H29N3O3. The molecule has 6 heteroatoms. The molecule has 2 aromatic rings. The zero-order valence-corrected chi connectivity index (χ0v) is 16.4. The zero-order valence-electron chi connectivity index (χ0n) is 16.4. The highest BCUT2D eigenvalue weighted by molar-refractivity contribution is 5.79. The van der Waals surface area contributed by atoms with Gasteiger partial charge < -0.3 is 15.1 Å². The van der Waals surface area contributed by atoms with Crippen molar-refractivity contribution in [1.82, 2.24) is 15.5 Å². The van der Waals surface area contributed by atoms with E-state index in [1.165, 1.54) is 26.2 Å². The van der Waals surface area contributed by atoms with Gasteiger partial charge in [-0.05, 0) is 43.6 Å². The van der Waals surface area contributed by atoms with Gasteiger partial charge in [-0.2, -0.15) is 0 Å². The Balaban J connectivity index is 1.62. The van der Waals surface area contributed by atoms with Crippen LogP contribution in [-0.4, -0.2) is 36.3 Å². The summed E-state index contributed by atoms with van der Waals surface area (Å²) in [5.74, 6) is 0.642. The maximum Gasteiger partial charge on any atom is 0.222 e. The van der Waals surface area contributed by atoms with E-state index in [2.05, 4.69) is 15.5 Å². The van der Waals surface area contributed by atoms with Gasteiger partial charge in [-0.1, -0.05) is 36.8 Å². The van der Waals surface area contributed by atoms with Crippen LogP contribution in [0.5, 0.6) is 0 Å². The summed E-state index contributed by atoms with van der Waals surface area (Å²) in [4.78, 5) is 26.6. The van der Waals surface area contributed by atoms with Gasteiger partial charge in [0.1, 0.15) is 5.76 Å². The molecular weight excluding hydrogens is 354 g/mol. The number of hydrogen-bond acceptors (Lipinski definition) is 4.